The molecule has 5 heteroatoms. The van der Waals surface area contributed by atoms with E-state index in [4.69, 9.17) is 27.2 Å². The van der Waals surface area contributed by atoms with Gasteiger partial charge in [0.2, 0.25) is 0 Å². The lowest BCUT2D eigenvalue weighted by molar-refractivity contribution is 0.0467. The molecule has 0 radical (unpaired) electrons. The monoisotopic (exact) mass is 247 g/mol. The first kappa shape index (κ1) is 13.4. The molecule has 0 saturated heterocycles. The van der Waals surface area contributed by atoms with Crippen molar-refractivity contribution in [3.05, 3.63) is 34.6 Å². The molecule has 0 aliphatic heterocycles. The normalized spacial score (nSPS) is 12.8. The Labute approximate surface area is 99.0 Å². The summed E-state index contributed by atoms with van der Waals surface area (Å²) in [5.41, 5.74) is 5.86. The number of rotatable bonds is 6. The van der Waals surface area contributed by atoms with E-state index < -0.39 is 6.10 Å². The molecule has 0 amide bonds. The molecule has 0 spiro atoms. The summed E-state index contributed by atoms with van der Waals surface area (Å²) in [7, 11) is 0. The number of hydrogen-bond donors (Lipinski definition) is 2. The second-order valence-corrected chi connectivity index (χ2v) is 3.77. The number of ether oxygens (including phenoxy) is 1. The van der Waals surface area contributed by atoms with Crippen molar-refractivity contribution in [2.45, 2.75) is 12.5 Å². The van der Waals surface area contributed by atoms with Crippen LogP contribution in [0, 0.1) is 5.82 Å². The molecule has 3 nitrogen and oxygen atoms in total. The minimum Gasteiger partial charge on any atom is -0.396 e. The molecule has 90 valence electrons. The Balaban J connectivity index is 2.73. The Morgan fingerprint density at radius 3 is 2.88 bits per heavy atom. The highest BCUT2D eigenvalue weighted by molar-refractivity contribution is 6.30. The predicted octanol–water partition coefficient (Wildman–Crippen LogP) is 1.88. The highest BCUT2D eigenvalue weighted by Gasteiger charge is 2.15. The average Bonchev–Trinajstić information content (AvgIpc) is 2.28. The van der Waals surface area contributed by atoms with Crippen molar-refractivity contribution >= 4 is 11.6 Å². The van der Waals surface area contributed by atoms with Gasteiger partial charge in [-0.25, -0.2) is 4.39 Å². The molecular formula is C11H15ClFNO2. The second-order valence-electron chi connectivity index (χ2n) is 3.34. The van der Waals surface area contributed by atoms with Crippen molar-refractivity contribution in [2.24, 2.45) is 5.73 Å². The van der Waals surface area contributed by atoms with Gasteiger partial charge in [-0.2, -0.15) is 0 Å². The Morgan fingerprint density at radius 2 is 2.25 bits per heavy atom. The molecule has 1 unspecified atom stereocenters. The first-order valence-corrected chi connectivity index (χ1v) is 5.44. The number of aliphatic hydroxyl groups is 1. The predicted molar refractivity (Wildman–Crippen MR) is 60.9 cm³/mol. The number of nitrogens with two attached hydrogens (primary N) is 1. The standard InChI is InChI=1S/C11H15ClFNO2/c12-8-2-3-10(13)9(6-8)11(7-14)16-5-1-4-15/h2-3,6,11,15H,1,4-5,7,14H2. The summed E-state index contributed by atoms with van der Waals surface area (Å²) in [5.74, 6) is -0.385. The van der Waals surface area contributed by atoms with Crippen LogP contribution in [0.2, 0.25) is 5.02 Å². The quantitative estimate of drug-likeness (QED) is 0.755. The lowest BCUT2D eigenvalue weighted by Crippen LogP contribution is -2.18. The van der Waals surface area contributed by atoms with E-state index in [2.05, 4.69) is 0 Å². The summed E-state index contributed by atoms with van der Waals surface area (Å²) in [6.45, 7) is 0.544. The summed E-state index contributed by atoms with van der Waals surface area (Å²) in [4.78, 5) is 0. The molecule has 1 aromatic rings. The number of benzene rings is 1. The molecule has 0 aliphatic rings. The van der Waals surface area contributed by atoms with E-state index in [9.17, 15) is 4.39 Å². The van der Waals surface area contributed by atoms with Crippen LogP contribution in [0.15, 0.2) is 18.2 Å². The maximum atomic E-state index is 13.5. The zero-order valence-electron chi connectivity index (χ0n) is 8.83. The van der Waals surface area contributed by atoms with Gasteiger partial charge in [0, 0.05) is 30.3 Å². The molecule has 0 heterocycles. The Hall–Kier alpha value is -0.680. The highest BCUT2D eigenvalue weighted by atomic mass is 35.5. The van der Waals surface area contributed by atoms with Crippen molar-refractivity contribution in [1.82, 2.24) is 0 Å². The van der Waals surface area contributed by atoms with Crippen molar-refractivity contribution in [3.8, 4) is 0 Å². The number of aliphatic hydroxyl groups excluding tert-OH is 1. The van der Waals surface area contributed by atoms with Crippen LogP contribution < -0.4 is 5.73 Å². The maximum Gasteiger partial charge on any atom is 0.129 e. The van der Waals surface area contributed by atoms with Gasteiger partial charge in [0.05, 0.1) is 6.10 Å². The molecule has 0 aromatic heterocycles. The zero-order valence-corrected chi connectivity index (χ0v) is 9.58. The summed E-state index contributed by atoms with van der Waals surface area (Å²) >= 11 is 5.78. The molecule has 3 N–H and O–H groups in total. The van der Waals surface area contributed by atoms with Gasteiger partial charge >= 0.3 is 0 Å². The maximum absolute atomic E-state index is 13.5. The van der Waals surface area contributed by atoms with E-state index in [1.54, 1.807) is 0 Å². The van der Waals surface area contributed by atoms with Gasteiger partial charge in [-0.3, -0.25) is 0 Å². The van der Waals surface area contributed by atoms with E-state index in [1.165, 1.54) is 18.2 Å². The van der Waals surface area contributed by atoms with Crippen LogP contribution in [0.25, 0.3) is 0 Å². The lowest BCUT2D eigenvalue weighted by Gasteiger charge is -2.17. The van der Waals surface area contributed by atoms with Gasteiger partial charge in [0.25, 0.3) is 0 Å². The first-order valence-electron chi connectivity index (χ1n) is 5.06. The van der Waals surface area contributed by atoms with Gasteiger partial charge in [-0.1, -0.05) is 11.6 Å². The van der Waals surface area contributed by atoms with Crippen LogP contribution in [-0.4, -0.2) is 24.9 Å². The van der Waals surface area contributed by atoms with Crippen molar-refractivity contribution in [2.75, 3.05) is 19.8 Å². The fourth-order valence-electron chi connectivity index (χ4n) is 1.34. The zero-order chi connectivity index (χ0) is 12.0. The Bertz CT molecular complexity index is 336. The van der Waals surface area contributed by atoms with Crippen molar-refractivity contribution in [3.63, 3.8) is 0 Å². The first-order chi connectivity index (χ1) is 7.69. The average molecular weight is 248 g/mol. The summed E-state index contributed by atoms with van der Waals surface area (Å²) in [6.07, 6.45) is -0.0242. The SMILES string of the molecule is NCC(OCCCO)c1cc(Cl)ccc1F. The number of hydrogen-bond acceptors (Lipinski definition) is 3. The number of halogens is 2. The molecule has 0 saturated carbocycles. The van der Waals surface area contributed by atoms with Crippen molar-refractivity contribution < 1.29 is 14.2 Å². The molecule has 0 bridgehead atoms. The van der Waals surface area contributed by atoms with Gasteiger partial charge in [-0.05, 0) is 24.6 Å². The van der Waals surface area contributed by atoms with Crippen LogP contribution in [-0.2, 0) is 4.74 Å². The minimum absolute atomic E-state index is 0.0370. The summed E-state index contributed by atoms with van der Waals surface area (Å²) in [6, 6.07) is 4.27. The minimum atomic E-state index is -0.523. The summed E-state index contributed by atoms with van der Waals surface area (Å²) in [5, 5.41) is 9.06. The molecule has 1 aromatic carbocycles. The molecule has 0 aliphatic carbocycles. The smallest absolute Gasteiger partial charge is 0.129 e. The van der Waals surface area contributed by atoms with Gasteiger partial charge in [-0.15, -0.1) is 0 Å². The van der Waals surface area contributed by atoms with Gasteiger partial charge < -0.3 is 15.6 Å². The van der Waals surface area contributed by atoms with Crippen LogP contribution in [0.1, 0.15) is 18.1 Å². The van der Waals surface area contributed by atoms with Crippen LogP contribution in [0.3, 0.4) is 0 Å². The third-order valence-corrected chi connectivity index (χ3v) is 2.38. The molecule has 16 heavy (non-hydrogen) atoms. The van der Waals surface area contributed by atoms with Gasteiger partial charge in [0.15, 0.2) is 0 Å². The van der Waals surface area contributed by atoms with E-state index in [0.29, 0.717) is 23.6 Å². The topological polar surface area (TPSA) is 55.5 Å². The largest absolute Gasteiger partial charge is 0.396 e. The fourth-order valence-corrected chi connectivity index (χ4v) is 1.52. The second kappa shape index (κ2) is 6.81. The molecule has 0 fully saturated rings. The Kier molecular flexibility index (Phi) is 5.69. The van der Waals surface area contributed by atoms with Crippen LogP contribution in [0.5, 0.6) is 0 Å². The Morgan fingerprint density at radius 1 is 1.50 bits per heavy atom. The summed E-state index contributed by atoms with van der Waals surface area (Å²) < 4.78 is 18.8. The molecule has 1 rings (SSSR count). The highest BCUT2D eigenvalue weighted by Crippen LogP contribution is 2.23. The fraction of sp³-hybridized carbons (Fsp3) is 0.455. The molecule has 1 atom stereocenters. The van der Waals surface area contributed by atoms with E-state index in [0.717, 1.165) is 0 Å². The van der Waals surface area contributed by atoms with Crippen LogP contribution >= 0.6 is 11.6 Å². The van der Waals surface area contributed by atoms with Crippen molar-refractivity contribution in [1.29, 1.82) is 0 Å². The van der Waals surface area contributed by atoms with E-state index >= 15 is 0 Å². The van der Waals surface area contributed by atoms with E-state index in [1.807, 2.05) is 0 Å². The third-order valence-electron chi connectivity index (χ3n) is 2.14. The van der Waals surface area contributed by atoms with Crippen LogP contribution in [0.4, 0.5) is 4.39 Å². The lowest BCUT2D eigenvalue weighted by atomic mass is 10.1. The molecular weight excluding hydrogens is 233 g/mol. The third kappa shape index (κ3) is 3.72. The van der Waals surface area contributed by atoms with Gasteiger partial charge in [0.1, 0.15) is 5.82 Å². The van der Waals surface area contributed by atoms with E-state index in [-0.39, 0.29) is 19.0 Å².